The van der Waals surface area contributed by atoms with E-state index in [-0.39, 0.29) is 58.8 Å². The Morgan fingerprint density at radius 2 is 1.30 bits per heavy atom. The number of hydrogen-bond acceptors (Lipinski definition) is 27. The van der Waals surface area contributed by atoms with Gasteiger partial charge < -0.3 is 55.6 Å². The predicted octanol–water partition coefficient (Wildman–Crippen LogP) is 8.89. The third kappa shape index (κ3) is 14.1. The molecule has 10 aromatic heterocycles. The van der Waals surface area contributed by atoms with Crippen LogP contribution in [0.5, 0.6) is 0 Å². The summed E-state index contributed by atoms with van der Waals surface area (Å²) in [7, 11) is 4.01. The van der Waals surface area contributed by atoms with E-state index in [9.17, 15) is 24.0 Å². The van der Waals surface area contributed by atoms with E-state index in [1.54, 1.807) is 24.6 Å². The molecule has 462 valence electrons. The number of hydrogen-bond donors (Lipinski definition) is 6. The maximum absolute atomic E-state index is 14.7. The van der Waals surface area contributed by atoms with E-state index in [0.29, 0.717) is 108 Å². The number of rotatable bonds is 25. The average molecular weight is 1340 g/mol. The van der Waals surface area contributed by atoms with Crippen molar-refractivity contribution in [3.8, 4) is 88.3 Å². The second-order valence-corrected chi connectivity index (χ2v) is 26.6. The van der Waals surface area contributed by atoms with Crippen molar-refractivity contribution in [2.24, 2.45) is 22.4 Å². The number of aromatic nitrogens is 10. The summed E-state index contributed by atoms with van der Waals surface area (Å²) in [4.78, 5) is 120. The standard InChI is InChI=1S/C55H56N18O9S7/c1-7-24(2)39(69-43(78)40-25(3)82-46(70-40)41-26(4)81-45(71-41)30-19-84-47(63-30)27-16-80-44(61-27)29-18-88-52(64-29)35(72(5)6)10-8-12-58-55(56)57)54(79)73-13-9-11-36(73)53-68-34(23-89-53)51-67-33(22-87-51)50-66-32(21-86-50)49-65-31(20-85-49)48-62-28(17-83-48)42(77)60-14-37(74)59-15-38(75)76/h16-24,35-36,39H,7-15H2,1-6H3,(H,59,74)(H,60,77)(H,69,78)(H,75,76)(H4,56,57,58). The Balaban J connectivity index is 0.708. The van der Waals surface area contributed by atoms with Crippen molar-refractivity contribution in [3.05, 3.63) is 76.8 Å². The number of amides is 4. The zero-order chi connectivity index (χ0) is 62.6. The Morgan fingerprint density at radius 1 is 0.697 bits per heavy atom. The number of aryl methyl sites for hydroxylation is 2. The molecular weight excluding hydrogens is 1280 g/mol. The van der Waals surface area contributed by atoms with Crippen LogP contribution >= 0.6 is 79.4 Å². The number of carbonyl (C=O) groups excluding carboxylic acids is 4. The molecule has 4 unspecified atom stereocenters. The van der Waals surface area contributed by atoms with Crippen LogP contribution in [0.15, 0.2) is 62.2 Å². The number of nitrogens with zero attached hydrogens (tertiary/aromatic N) is 13. The highest BCUT2D eigenvalue weighted by molar-refractivity contribution is 7.17. The summed E-state index contributed by atoms with van der Waals surface area (Å²) >= 11 is 9.79. The van der Waals surface area contributed by atoms with Gasteiger partial charge >= 0.3 is 5.97 Å². The molecule has 89 heavy (non-hydrogen) atoms. The zero-order valence-corrected chi connectivity index (χ0v) is 54.0. The molecule has 0 saturated carbocycles. The van der Waals surface area contributed by atoms with Crippen LogP contribution in [0.2, 0.25) is 0 Å². The van der Waals surface area contributed by atoms with Gasteiger partial charge in [0, 0.05) is 50.7 Å². The van der Waals surface area contributed by atoms with Crippen molar-refractivity contribution in [1.29, 1.82) is 0 Å². The maximum Gasteiger partial charge on any atom is 0.322 e. The first kappa shape index (κ1) is 62.2. The van der Waals surface area contributed by atoms with Crippen molar-refractivity contribution in [3.63, 3.8) is 0 Å². The van der Waals surface area contributed by atoms with Gasteiger partial charge in [-0.1, -0.05) is 20.3 Å². The molecule has 1 aliphatic heterocycles. The lowest BCUT2D eigenvalue weighted by atomic mass is 9.97. The molecular formula is C55H56N18O9S7. The number of carboxylic acid groups (broad SMARTS) is 1. The van der Waals surface area contributed by atoms with Crippen LogP contribution in [0.4, 0.5) is 0 Å². The number of guanidine groups is 1. The highest BCUT2D eigenvalue weighted by atomic mass is 32.1. The number of likely N-dealkylation sites (tertiary alicyclic amines) is 1. The van der Waals surface area contributed by atoms with Gasteiger partial charge in [0.15, 0.2) is 17.3 Å². The zero-order valence-electron chi connectivity index (χ0n) is 48.3. The lowest BCUT2D eigenvalue weighted by Gasteiger charge is -2.31. The second-order valence-electron chi connectivity index (χ2n) is 20.5. The van der Waals surface area contributed by atoms with Crippen molar-refractivity contribution in [2.75, 3.05) is 40.3 Å². The van der Waals surface area contributed by atoms with Gasteiger partial charge in [0.25, 0.3) is 11.8 Å². The largest absolute Gasteiger partial charge is 0.480 e. The number of aliphatic carboxylic acids is 1. The Bertz CT molecular complexity index is 4230. The van der Waals surface area contributed by atoms with Gasteiger partial charge in [0.05, 0.1) is 18.6 Å². The summed E-state index contributed by atoms with van der Waals surface area (Å²) in [6.45, 7) is 7.35. The van der Waals surface area contributed by atoms with Gasteiger partial charge in [0.1, 0.15) is 111 Å². The third-order valence-electron chi connectivity index (χ3n) is 14.1. The van der Waals surface area contributed by atoms with E-state index >= 15 is 0 Å². The summed E-state index contributed by atoms with van der Waals surface area (Å²) in [5, 5.41) is 34.0. The smallest absolute Gasteiger partial charge is 0.322 e. The molecule has 4 atom stereocenters. The molecule has 1 aliphatic rings. The van der Waals surface area contributed by atoms with Crippen LogP contribution in [0.25, 0.3) is 88.3 Å². The number of thiazole rings is 7. The number of nitrogens with two attached hydrogens (primary N) is 2. The summed E-state index contributed by atoms with van der Waals surface area (Å²) < 4.78 is 18.0. The molecule has 10 aromatic rings. The Morgan fingerprint density at radius 3 is 1.98 bits per heavy atom. The minimum atomic E-state index is -1.19. The van der Waals surface area contributed by atoms with Gasteiger partial charge in [-0.15, -0.1) is 79.4 Å². The lowest BCUT2D eigenvalue weighted by molar-refractivity contribution is -0.137. The molecule has 27 nitrogen and oxygen atoms in total. The van der Waals surface area contributed by atoms with Crippen molar-refractivity contribution >= 4 is 115 Å². The molecule has 0 bridgehead atoms. The quantitative estimate of drug-likeness (QED) is 0.0177. The summed E-state index contributed by atoms with van der Waals surface area (Å²) in [5.41, 5.74) is 15.6. The molecule has 11 rings (SSSR count). The first-order valence-corrected chi connectivity index (χ1v) is 33.7. The summed E-state index contributed by atoms with van der Waals surface area (Å²) in [6, 6.07) is -1.12. The van der Waals surface area contributed by atoms with Crippen LogP contribution in [-0.4, -0.2) is 147 Å². The number of carboxylic acids is 1. The van der Waals surface area contributed by atoms with E-state index in [0.717, 1.165) is 29.3 Å². The molecule has 11 heterocycles. The Labute approximate surface area is 534 Å². The first-order valence-electron chi connectivity index (χ1n) is 27.6. The minimum Gasteiger partial charge on any atom is -0.480 e. The first-order chi connectivity index (χ1) is 42.9. The normalized spacial score (nSPS) is 14.3. The van der Waals surface area contributed by atoms with Gasteiger partial charge in [-0.05, 0) is 59.5 Å². The molecule has 1 saturated heterocycles. The Hall–Kier alpha value is -8.38. The lowest BCUT2D eigenvalue weighted by Crippen LogP contribution is -2.51. The van der Waals surface area contributed by atoms with Gasteiger partial charge in [-0.3, -0.25) is 29.0 Å². The van der Waals surface area contributed by atoms with E-state index < -0.39 is 42.8 Å². The van der Waals surface area contributed by atoms with E-state index in [1.807, 2.05) is 59.7 Å². The summed E-state index contributed by atoms with van der Waals surface area (Å²) in [6.07, 6.45) is 5.21. The summed E-state index contributed by atoms with van der Waals surface area (Å²) in [5.74, 6) is -2.06. The molecule has 8 N–H and O–H groups in total. The third-order valence-corrected chi connectivity index (χ3v) is 20.3. The monoisotopic (exact) mass is 1340 g/mol. The average Bonchev–Trinajstić information content (AvgIpc) is 1.87. The van der Waals surface area contributed by atoms with Crippen LogP contribution in [0, 0.1) is 19.8 Å². The topological polar surface area (TPSA) is 381 Å². The van der Waals surface area contributed by atoms with Crippen molar-refractivity contribution < 1.29 is 42.3 Å². The fourth-order valence-electron chi connectivity index (χ4n) is 9.38. The predicted molar refractivity (Wildman–Crippen MR) is 339 cm³/mol. The van der Waals surface area contributed by atoms with Crippen LogP contribution in [0.3, 0.4) is 0 Å². The molecule has 1 fully saturated rings. The van der Waals surface area contributed by atoms with Crippen LogP contribution in [0.1, 0.15) is 101 Å². The van der Waals surface area contributed by atoms with Crippen LogP contribution < -0.4 is 27.4 Å². The molecule has 34 heteroatoms. The number of nitrogens with one attached hydrogen (secondary N) is 3. The SMILES string of the molecule is CCC(C)C(NC(=O)c1nc(-c2nc(-c3csc(-c4coc(-c5csc(C(CCCN=C(N)N)N(C)C)n5)n4)n3)oc2C)oc1C)C(=O)N1CCCC1c1nc(-c2nc(-c3nc(-c4nc(-c5nc(C(=O)NCC(=O)NCC(=O)O)cs5)cs4)cs3)cs2)cs1. The van der Waals surface area contributed by atoms with Crippen molar-refractivity contribution in [2.45, 2.75) is 77.9 Å². The van der Waals surface area contributed by atoms with E-state index in [2.05, 4.69) is 35.8 Å². The van der Waals surface area contributed by atoms with Gasteiger partial charge in [-0.2, -0.15) is 0 Å². The van der Waals surface area contributed by atoms with E-state index in [4.69, 9.17) is 69.7 Å². The maximum atomic E-state index is 14.7. The van der Waals surface area contributed by atoms with Crippen molar-refractivity contribution in [1.82, 2.24) is 75.6 Å². The minimum absolute atomic E-state index is 0.0162. The second kappa shape index (κ2) is 27.2. The fourth-order valence-corrected chi connectivity index (χ4v) is 15.4. The fraction of sp³-hybridized carbons (Fsp3) is 0.345. The number of oxazole rings is 3. The van der Waals surface area contributed by atoms with E-state index in [1.165, 1.54) is 85.6 Å². The molecule has 4 amide bonds. The highest BCUT2D eigenvalue weighted by Gasteiger charge is 2.39. The molecule has 0 aliphatic carbocycles. The number of aliphatic imine (C=N–C) groups is 1. The Kier molecular flexibility index (Phi) is 19.0. The molecule has 0 spiro atoms. The number of carbonyl (C=O) groups is 5. The molecule has 0 aromatic carbocycles. The molecule has 0 radical (unpaired) electrons. The van der Waals surface area contributed by atoms with Gasteiger partial charge in [-0.25, -0.2) is 49.8 Å². The van der Waals surface area contributed by atoms with Crippen LogP contribution in [-0.2, 0) is 14.4 Å². The van der Waals surface area contributed by atoms with Gasteiger partial charge in [0.2, 0.25) is 29.5 Å². The highest BCUT2D eigenvalue weighted by Crippen LogP contribution is 2.41.